The lowest BCUT2D eigenvalue weighted by Gasteiger charge is -2.25. The fourth-order valence-electron chi connectivity index (χ4n) is 5.53. The Kier molecular flexibility index (Phi) is 24.0. The van der Waals surface area contributed by atoms with E-state index in [1.54, 1.807) is 4.68 Å². The SMILES string of the molecule is CCCCCCCCCCCCCC[C@@H](O)[C@@H](O)[C@H](CO)n1cc(CCCCCCCCCCCCC)nn1. The summed E-state index contributed by atoms with van der Waals surface area (Å²) in [6.45, 7) is 4.26. The van der Waals surface area contributed by atoms with Crippen LogP contribution in [0, 0.1) is 0 Å². The number of hydrogen-bond donors (Lipinski definition) is 3. The number of aliphatic hydroxyl groups is 3. The molecule has 0 amide bonds. The van der Waals surface area contributed by atoms with Gasteiger partial charge < -0.3 is 15.3 Å². The van der Waals surface area contributed by atoms with Crippen LogP contribution >= 0.6 is 0 Å². The topological polar surface area (TPSA) is 91.4 Å². The standard InChI is InChI=1S/C33H65N3O3/c1-3-5-7-9-11-13-15-17-19-21-23-25-27-32(38)33(39)31(29-37)36-28-30(34-35-36)26-24-22-20-18-16-14-12-10-8-6-4-2/h28,31-33,37-39H,3-27,29H2,1-2H3/t31-,32+,33-/m0/s1. The Morgan fingerprint density at radius 3 is 1.46 bits per heavy atom. The number of nitrogens with zero attached hydrogens (tertiary/aromatic N) is 3. The summed E-state index contributed by atoms with van der Waals surface area (Å²) >= 11 is 0. The first-order valence-electron chi connectivity index (χ1n) is 17.0. The molecule has 1 heterocycles. The highest BCUT2D eigenvalue weighted by Crippen LogP contribution is 2.19. The summed E-state index contributed by atoms with van der Waals surface area (Å²) in [5.74, 6) is 0. The van der Waals surface area contributed by atoms with Gasteiger partial charge in [0.1, 0.15) is 12.1 Å². The maximum atomic E-state index is 10.7. The molecule has 0 unspecified atom stereocenters. The Morgan fingerprint density at radius 2 is 1.03 bits per heavy atom. The van der Waals surface area contributed by atoms with Gasteiger partial charge in [-0.15, -0.1) is 5.10 Å². The van der Waals surface area contributed by atoms with Gasteiger partial charge in [0.25, 0.3) is 0 Å². The molecule has 1 rings (SSSR count). The van der Waals surface area contributed by atoms with E-state index in [2.05, 4.69) is 24.2 Å². The number of hydrogen-bond acceptors (Lipinski definition) is 5. The summed E-state index contributed by atoms with van der Waals surface area (Å²) in [6, 6.07) is -0.657. The number of aromatic nitrogens is 3. The first-order chi connectivity index (χ1) is 19.1. The van der Waals surface area contributed by atoms with E-state index in [1.807, 2.05) is 6.20 Å². The summed E-state index contributed by atoms with van der Waals surface area (Å²) in [5.41, 5.74) is 0.895. The van der Waals surface area contributed by atoms with E-state index in [-0.39, 0.29) is 6.61 Å². The van der Waals surface area contributed by atoms with Crippen molar-refractivity contribution in [1.29, 1.82) is 0 Å². The van der Waals surface area contributed by atoms with Gasteiger partial charge >= 0.3 is 0 Å². The molecule has 0 radical (unpaired) electrons. The monoisotopic (exact) mass is 552 g/mol. The first kappa shape index (κ1) is 36.0. The van der Waals surface area contributed by atoms with E-state index >= 15 is 0 Å². The smallest absolute Gasteiger partial charge is 0.105 e. The molecule has 0 bridgehead atoms. The van der Waals surface area contributed by atoms with Crippen LogP contribution < -0.4 is 0 Å². The van der Waals surface area contributed by atoms with Crippen molar-refractivity contribution in [3.05, 3.63) is 11.9 Å². The molecule has 0 aromatic carbocycles. The van der Waals surface area contributed by atoms with E-state index in [0.29, 0.717) is 6.42 Å². The van der Waals surface area contributed by atoms with Crippen molar-refractivity contribution in [3.63, 3.8) is 0 Å². The van der Waals surface area contributed by atoms with Gasteiger partial charge in [-0.05, 0) is 19.3 Å². The van der Waals surface area contributed by atoms with Gasteiger partial charge in [0.2, 0.25) is 0 Å². The van der Waals surface area contributed by atoms with Crippen molar-refractivity contribution < 1.29 is 15.3 Å². The lowest BCUT2D eigenvalue weighted by Crippen LogP contribution is -2.37. The second-order valence-electron chi connectivity index (χ2n) is 12.0. The molecule has 0 spiro atoms. The number of aryl methyl sites for hydroxylation is 1. The molecule has 0 aliphatic heterocycles. The largest absolute Gasteiger partial charge is 0.394 e. The van der Waals surface area contributed by atoms with Gasteiger partial charge in [-0.1, -0.05) is 160 Å². The molecule has 0 aliphatic carbocycles. The zero-order valence-electron chi connectivity index (χ0n) is 25.9. The van der Waals surface area contributed by atoms with Crippen molar-refractivity contribution in [2.75, 3.05) is 6.61 Å². The van der Waals surface area contributed by atoms with E-state index < -0.39 is 18.2 Å². The molecule has 3 N–H and O–H groups in total. The minimum Gasteiger partial charge on any atom is -0.394 e. The zero-order chi connectivity index (χ0) is 28.4. The summed E-state index contributed by atoms with van der Waals surface area (Å²) in [6.07, 6.45) is 31.1. The molecule has 0 aliphatic rings. The average molecular weight is 552 g/mol. The summed E-state index contributed by atoms with van der Waals surface area (Å²) < 4.78 is 1.55. The Labute approximate surface area is 241 Å². The molecule has 1 aromatic heterocycles. The lowest BCUT2D eigenvalue weighted by atomic mass is 9.99. The van der Waals surface area contributed by atoms with Crippen LogP contribution in [0.25, 0.3) is 0 Å². The highest BCUT2D eigenvalue weighted by Gasteiger charge is 2.28. The molecule has 3 atom stereocenters. The number of unbranched alkanes of at least 4 members (excludes halogenated alkanes) is 21. The Bertz CT molecular complexity index is 639. The van der Waals surface area contributed by atoms with Gasteiger partial charge in [0, 0.05) is 6.20 Å². The first-order valence-corrected chi connectivity index (χ1v) is 17.0. The van der Waals surface area contributed by atoms with Crippen LogP contribution in [0.3, 0.4) is 0 Å². The Morgan fingerprint density at radius 1 is 0.615 bits per heavy atom. The van der Waals surface area contributed by atoms with Crippen LogP contribution in [0.15, 0.2) is 6.20 Å². The second-order valence-corrected chi connectivity index (χ2v) is 12.0. The predicted molar refractivity (Wildman–Crippen MR) is 164 cm³/mol. The van der Waals surface area contributed by atoms with Crippen molar-refractivity contribution in [2.45, 2.75) is 193 Å². The van der Waals surface area contributed by atoms with Gasteiger partial charge in [0.15, 0.2) is 0 Å². The molecule has 0 saturated heterocycles. The Hall–Kier alpha value is -0.980. The van der Waals surface area contributed by atoms with Crippen molar-refractivity contribution in [3.8, 4) is 0 Å². The summed E-state index contributed by atoms with van der Waals surface area (Å²) in [7, 11) is 0. The van der Waals surface area contributed by atoms with Crippen LogP contribution in [0.1, 0.15) is 180 Å². The Balaban J connectivity index is 2.12. The van der Waals surface area contributed by atoms with Gasteiger partial charge in [-0.2, -0.15) is 0 Å². The summed E-state index contributed by atoms with van der Waals surface area (Å²) in [5, 5.41) is 39.6. The van der Waals surface area contributed by atoms with Crippen LogP contribution in [0.4, 0.5) is 0 Å². The van der Waals surface area contributed by atoms with Crippen LogP contribution in [-0.4, -0.2) is 49.1 Å². The molecule has 6 nitrogen and oxygen atoms in total. The van der Waals surface area contributed by atoms with Crippen LogP contribution in [-0.2, 0) is 6.42 Å². The van der Waals surface area contributed by atoms with E-state index in [4.69, 9.17) is 0 Å². The minimum absolute atomic E-state index is 0.266. The third kappa shape index (κ3) is 18.9. The van der Waals surface area contributed by atoms with Crippen molar-refractivity contribution in [1.82, 2.24) is 15.0 Å². The molecule has 0 fully saturated rings. The molecular weight excluding hydrogens is 486 g/mol. The fraction of sp³-hybridized carbons (Fsp3) is 0.939. The maximum absolute atomic E-state index is 10.7. The average Bonchev–Trinajstić information content (AvgIpc) is 3.41. The second kappa shape index (κ2) is 26.0. The van der Waals surface area contributed by atoms with Gasteiger partial charge in [-0.3, -0.25) is 0 Å². The minimum atomic E-state index is -1.04. The van der Waals surface area contributed by atoms with Gasteiger partial charge in [-0.25, -0.2) is 4.68 Å². The third-order valence-corrected chi connectivity index (χ3v) is 8.26. The van der Waals surface area contributed by atoms with E-state index in [9.17, 15) is 15.3 Å². The molecule has 39 heavy (non-hydrogen) atoms. The molecule has 0 saturated carbocycles. The number of rotatable bonds is 29. The highest BCUT2D eigenvalue weighted by molar-refractivity contribution is 4.95. The highest BCUT2D eigenvalue weighted by atomic mass is 16.3. The van der Waals surface area contributed by atoms with E-state index in [0.717, 1.165) is 31.4 Å². The zero-order valence-corrected chi connectivity index (χ0v) is 25.9. The number of aliphatic hydroxyl groups excluding tert-OH is 3. The quantitative estimate of drug-likeness (QED) is 0.0868. The summed E-state index contributed by atoms with van der Waals surface area (Å²) in [4.78, 5) is 0. The molecule has 6 heteroatoms. The van der Waals surface area contributed by atoms with Crippen LogP contribution in [0.2, 0.25) is 0 Å². The van der Waals surface area contributed by atoms with E-state index in [1.165, 1.54) is 128 Å². The molecule has 1 aromatic rings. The maximum Gasteiger partial charge on any atom is 0.105 e. The molecule has 230 valence electrons. The lowest BCUT2D eigenvalue weighted by molar-refractivity contribution is -0.0350. The normalized spacial score (nSPS) is 14.1. The molecular formula is C33H65N3O3. The fourth-order valence-corrected chi connectivity index (χ4v) is 5.53. The van der Waals surface area contributed by atoms with Gasteiger partial charge in [0.05, 0.1) is 18.4 Å². The third-order valence-electron chi connectivity index (χ3n) is 8.26. The van der Waals surface area contributed by atoms with Crippen LogP contribution in [0.5, 0.6) is 0 Å². The van der Waals surface area contributed by atoms with Crippen molar-refractivity contribution in [2.24, 2.45) is 0 Å². The van der Waals surface area contributed by atoms with Crippen molar-refractivity contribution >= 4 is 0 Å². The predicted octanol–water partition coefficient (Wildman–Crippen LogP) is 8.48.